The average Bonchev–Trinajstić information content (AvgIpc) is 2.95. The van der Waals surface area contributed by atoms with E-state index < -0.39 is 43.9 Å². The van der Waals surface area contributed by atoms with Crippen LogP contribution in [0.2, 0.25) is 0 Å². The zero-order chi connectivity index (χ0) is 23.8. The highest BCUT2D eigenvalue weighted by atomic mass is 16.5. The molecule has 0 radical (unpaired) electrons. The molecule has 3 nitrogen and oxygen atoms in total. The van der Waals surface area contributed by atoms with E-state index in [0.29, 0.717) is 5.56 Å². The van der Waals surface area contributed by atoms with Crippen LogP contribution in [0.5, 0.6) is 11.5 Å². The fraction of sp³-hybridized carbons (Fsp3) is 0.529. The fourth-order valence-electron chi connectivity index (χ4n) is 2.10. The Labute approximate surface area is 136 Å². The molecule has 1 saturated heterocycles. The van der Waals surface area contributed by atoms with Crippen molar-refractivity contribution in [2.24, 2.45) is 0 Å². The number of ether oxygens (including phenoxy) is 2. The number of benzene rings is 1. The first-order valence-electron chi connectivity index (χ1n) is 11.7. The van der Waals surface area contributed by atoms with Crippen molar-refractivity contribution >= 4 is 0 Å². The number of nitrogens with one attached hydrogen (secondary N) is 1. The van der Waals surface area contributed by atoms with Gasteiger partial charge in [0.1, 0.15) is 0 Å². The van der Waals surface area contributed by atoms with Crippen molar-refractivity contribution < 1.29 is 24.6 Å². The monoisotopic (exact) mass is 284 g/mol. The van der Waals surface area contributed by atoms with Gasteiger partial charge in [0.25, 0.3) is 0 Å². The van der Waals surface area contributed by atoms with Gasteiger partial charge in [-0.05, 0) is 49.6 Å². The molecular weight excluding hydrogens is 250 g/mol. The zero-order valence-electron chi connectivity index (χ0n) is 22.0. The van der Waals surface area contributed by atoms with Gasteiger partial charge in [0.05, 0.1) is 14.6 Å². The second kappa shape index (κ2) is 5.78. The summed E-state index contributed by atoms with van der Waals surface area (Å²) in [7, 11) is 1.26. The van der Waals surface area contributed by atoms with Gasteiger partial charge in [-0.2, -0.15) is 0 Å². The smallest absolute Gasteiger partial charge is 0.161 e. The first-order chi connectivity index (χ1) is 13.9. The number of hydrogen-bond donors (Lipinski definition) is 1. The summed E-state index contributed by atoms with van der Waals surface area (Å²) in [5.74, 6) is -1.07. The van der Waals surface area contributed by atoms with Crippen molar-refractivity contribution in [1.82, 2.24) is 5.32 Å². The lowest BCUT2D eigenvalue weighted by molar-refractivity contribution is 0.200. The van der Waals surface area contributed by atoms with Gasteiger partial charge >= 0.3 is 0 Å². The van der Waals surface area contributed by atoms with E-state index >= 15 is 0 Å². The third-order valence-corrected chi connectivity index (χ3v) is 3.08. The minimum absolute atomic E-state index is 0.0275. The van der Waals surface area contributed by atoms with Gasteiger partial charge in [-0.1, -0.05) is 12.6 Å². The summed E-state index contributed by atoms with van der Waals surface area (Å²) in [6, 6.07) is 4.20. The van der Waals surface area contributed by atoms with E-state index in [1.165, 1.54) is 19.2 Å². The molecule has 1 aliphatic carbocycles. The Morgan fingerprint density at radius 3 is 2.80 bits per heavy atom. The Bertz CT molecular complexity index is 889. The van der Waals surface area contributed by atoms with E-state index in [4.69, 9.17) is 24.6 Å². The van der Waals surface area contributed by atoms with Gasteiger partial charge in [-0.3, -0.25) is 0 Å². The molecule has 0 bridgehead atoms. The minimum Gasteiger partial charge on any atom is -0.493 e. The maximum atomic E-state index is 8.49. The van der Waals surface area contributed by atoms with E-state index in [1.807, 2.05) is 0 Å². The summed E-state index contributed by atoms with van der Waals surface area (Å²) in [6.07, 6.45) is -18.7. The molecule has 1 aliphatic heterocycles. The molecule has 108 valence electrons. The van der Waals surface area contributed by atoms with Crippen LogP contribution >= 0.6 is 0 Å². The molecule has 20 heavy (non-hydrogen) atoms. The normalized spacial score (nSPS) is 45.1. The molecule has 1 unspecified atom stereocenters. The fourth-order valence-corrected chi connectivity index (χ4v) is 2.10. The van der Waals surface area contributed by atoms with Crippen molar-refractivity contribution in [2.75, 3.05) is 13.7 Å². The molecule has 2 fully saturated rings. The van der Waals surface area contributed by atoms with Crippen molar-refractivity contribution in [3.63, 3.8) is 0 Å². The molecule has 1 N–H and O–H groups in total. The first-order valence-corrected chi connectivity index (χ1v) is 6.20. The lowest BCUT2D eigenvalue weighted by Gasteiger charge is -2.18. The maximum Gasteiger partial charge on any atom is 0.161 e. The van der Waals surface area contributed by atoms with E-state index in [1.54, 1.807) is 6.07 Å². The average molecular weight is 284 g/mol. The van der Waals surface area contributed by atoms with Crippen LogP contribution in [0.3, 0.4) is 0 Å². The predicted molar refractivity (Wildman–Crippen MR) is 80.4 cm³/mol. The first kappa shape index (κ1) is 5.63. The Morgan fingerprint density at radius 2 is 2.15 bits per heavy atom. The SMILES string of the molecule is [2H]C1([2H])C(=C)NCC1c1ccc(OC)c(OC2([2H])C([2H])([2H])C([2H])([2H])C([2H])([2H])C2([2H])[2H])c1. The van der Waals surface area contributed by atoms with Gasteiger partial charge in [0.2, 0.25) is 0 Å². The van der Waals surface area contributed by atoms with Gasteiger partial charge in [0, 0.05) is 31.9 Å². The Balaban J connectivity index is 2.13. The second-order valence-electron chi connectivity index (χ2n) is 4.40. The van der Waals surface area contributed by atoms with Gasteiger partial charge in [-0.15, -0.1) is 0 Å². The third kappa shape index (κ3) is 2.77. The van der Waals surface area contributed by atoms with Gasteiger partial charge in [-0.25, -0.2) is 0 Å². The topological polar surface area (TPSA) is 30.5 Å². The van der Waals surface area contributed by atoms with Crippen LogP contribution in [-0.2, 0) is 0 Å². The molecule has 1 heterocycles. The van der Waals surface area contributed by atoms with Crippen molar-refractivity contribution in [3.05, 3.63) is 36.0 Å². The van der Waals surface area contributed by atoms with Crippen LogP contribution in [0.1, 0.15) is 58.4 Å². The molecule has 1 saturated carbocycles. The maximum absolute atomic E-state index is 8.49. The number of rotatable bonds is 4. The van der Waals surface area contributed by atoms with Crippen molar-refractivity contribution in [3.8, 4) is 11.5 Å². The lowest BCUT2D eigenvalue weighted by atomic mass is 9.97. The van der Waals surface area contributed by atoms with Crippen LogP contribution < -0.4 is 14.8 Å². The second-order valence-corrected chi connectivity index (χ2v) is 4.40. The Kier molecular flexibility index (Phi) is 1.63. The molecule has 3 heteroatoms. The van der Waals surface area contributed by atoms with E-state index in [-0.39, 0.29) is 23.7 Å². The summed E-state index contributed by atoms with van der Waals surface area (Å²) in [5.41, 5.74) is 0.554. The van der Waals surface area contributed by atoms with E-state index in [9.17, 15) is 0 Å². The number of hydrogen-bond acceptors (Lipinski definition) is 3. The summed E-state index contributed by atoms with van der Waals surface area (Å²) < 4.78 is 99.6. The number of allylic oxidation sites excluding steroid dienone is 1. The van der Waals surface area contributed by atoms with Crippen LogP contribution in [-0.4, -0.2) is 19.7 Å². The van der Waals surface area contributed by atoms with E-state index in [0.717, 1.165) is 0 Å². The summed E-state index contributed by atoms with van der Waals surface area (Å²) in [5, 5.41) is 2.84. The summed E-state index contributed by atoms with van der Waals surface area (Å²) in [6.45, 7) is 3.85. The van der Waals surface area contributed by atoms with Crippen LogP contribution in [0, 0.1) is 0 Å². The standard InChI is InChI=1S/C17H23NO2/c1-12-9-14(11-18-12)13-7-8-16(19-2)17(10-13)20-15-5-3-4-6-15/h7-8,10,14-15,18H,1,3-6,9,11H2,2H3/i3D2,4D2,5D2,6D2,9D2,15D. The molecule has 1 aromatic carbocycles. The quantitative estimate of drug-likeness (QED) is 0.916. The molecular formula is C17H23NO2. The predicted octanol–water partition coefficient (Wildman–Crippen LogP) is 3.61. The van der Waals surface area contributed by atoms with Crippen molar-refractivity contribution in [1.29, 1.82) is 0 Å². The highest BCUT2D eigenvalue weighted by molar-refractivity contribution is 5.45. The molecule has 0 amide bonds. The minimum atomic E-state index is -3.40. The third-order valence-electron chi connectivity index (χ3n) is 3.08. The van der Waals surface area contributed by atoms with Crippen LogP contribution in [0.15, 0.2) is 30.5 Å². The molecule has 1 aromatic rings. The molecule has 0 aromatic heterocycles. The lowest BCUT2D eigenvalue weighted by Crippen LogP contribution is -2.12. The molecule has 1 atom stereocenters. The summed E-state index contributed by atoms with van der Waals surface area (Å²) >= 11 is 0. The zero-order valence-corrected chi connectivity index (χ0v) is 11.0. The molecule has 0 spiro atoms. The van der Waals surface area contributed by atoms with E-state index in [2.05, 4.69) is 11.9 Å². The largest absolute Gasteiger partial charge is 0.493 e. The van der Waals surface area contributed by atoms with Crippen LogP contribution in [0.4, 0.5) is 0 Å². The molecule has 2 aliphatic rings. The van der Waals surface area contributed by atoms with Crippen LogP contribution in [0.25, 0.3) is 0 Å². The van der Waals surface area contributed by atoms with Crippen molar-refractivity contribution in [2.45, 2.75) is 43.9 Å². The molecule has 3 rings (SSSR count). The highest BCUT2D eigenvalue weighted by Gasteiger charge is 2.22. The highest BCUT2D eigenvalue weighted by Crippen LogP contribution is 2.36. The number of methoxy groups -OCH3 is 1. The Morgan fingerprint density at radius 1 is 1.35 bits per heavy atom. The van der Waals surface area contributed by atoms with Gasteiger partial charge in [0.15, 0.2) is 11.5 Å². The van der Waals surface area contributed by atoms with Gasteiger partial charge < -0.3 is 14.8 Å². The summed E-state index contributed by atoms with van der Waals surface area (Å²) in [4.78, 5) is 0. The Hall–Kier alpha value is -1.64.